The zero-order chi connectivity index (χ0) is 14.3. The van der Waals surface area contributed by atoms with Crippen molar-refractivity contribution in [3.8, 4) is 0 Å². The first kappa shape index (κ1) is 12.9. The molecule has 0 fully saturated rings. The maximum Gasteiger partial charge on any atom is 0.275 e. The molecule has 8 nitrogen and oxygen atoms in total. The lowest BCUT2D eigenvalue weighted by molar-refractivity contribution is 0.637. The van der Waals surface area contributed by atoms with Crippen LogP contribution in [-0.2, 0) is 6.54 Å². The fourth-order valence-corrected chi connectivity index (χ4v) is 2.70. The summed E-state index contributed by atoms with van der Waals surface area (Å²) in [7, 11) is 0. The summed E-state index contributed by atoms with van der Waals surface area (Å²) in [6, 6.07) is 1.30. The highest BCUT2D eigenvalue weighted by atomic mass is 32.1. The van der Waals surface area contributed by atoms with Crippen molar-refractivity contribution in [2.75, 3.05) is 0 Å². The molecule has 0 bridgehead atoms. The molecular formula is C11H13N7OS. The Balaban J connectivity index is 1.94. The molecule has 1 atom stereocenters. The minimum atomic E-state index is -0.176. The second kappa shape index (κ2) is 4.76. The Labute approximate surface area is 117 Å². The number of hydrogen-bond acceptors (Lipinski definition) is 7. The Morgan fingerprint density at radius 3 is 3.00 bits per heavy atom. The van der Waals surface area contributed by atoms with Crippen LogP contribution in [0.2, 0.25) is 0 Å². The Hall–Kier alpha value is -2.13. The van der Waals surface area contributed by atoms with Crippen LogP contribution in [0.4, 0.5) is 0 Å². The van der Waals surface area contributed by atoms with Gasteiger partial charge in [-0.1, -0.05) is 16.6 Å². The quantitative estimate of drug-likeness (QED) is 0.735. The molecule has 0 saturated heterocycles. The number of aryl methyl sites for hydroxylation is 1. The number of nitrogens with two attached hydrogens (primary N) is 1. The predicted molar refractivity (Wildman–Crippen MR) is 73.6 cm³/mol. The fraction of sp³-hybridized carbons (Fsp3) is 0.364. The van der Waals surface area contributed by atoms with Gasteiger partial charge in [0.05, 0.1) is 18.4 Å². The van der Waals surface area contributed by atoms with Crippen molar-refractivity contribution >= 4 is 16.3 Å². The summed E-state index contributed by atoms with van der Waals surface area (Å²) in [6.45, 7) is 4.07. The molecule has 0 aliphatic rings. The third-order valence-electron chi connectivity index (χ3n) is 2.74. The number of rotatable bonds is 3. The van der Waals surface area contributed by atoms with Crippen LogP contribution < -0.4 is 11.3 Å². The molecule has 104 valence electrons. The van der Waals surface area contributed by atoms with Gasteiger partial charge in [0.1, 0.15) is 5.01 Å². The van der Waals surface area contributed by atoms with Crippen molar-refractivity contribution in [1.82, 2.24) is 29.6 Å². The third-order valence-corrected chi connectivity index (χ3v) is 3.63. The first-order valence-corrected chi connectivity index (χ1v) is 6.86. The van der Waals surface area contributed by atoms with Gasteiger partial charge in [-0.15, -0.1) is 5.10 Å². The summed E-state index contributed by atoms with van der Waals surface area (Å²) in [5.41, 5.74) is 6.96. The highest BCUT2D eigenvalue weighted by Crippen LogP contribution is 2.13. The minimum Gasteiger partial charge on any atom is -0.323 e. The molecule has 3 aromatic heterocycles. The van der Waals surface area contributed by atoms with E-state index in [-0.39, 0.29) is 11.6 Å². The summed E-state index contributed by atoms with van der Waals surface area (Å²) >= 11 is 1.36. The molecule has 0 spiro atoms. The van der Waals surface area contributed by atoms with Gasteiger partial charge in [0.2, 0.25) is 4.96 Å². The average Bonchev–Trinajstić information content (AvgIpc) is 2.96. The summed E-state index contributed by atoms with van der Waals surface area (Å²) in [5, 5.41) is 12.9. The van der Waals surface area contributed by atoms with Crippen LogP contribution in [0, 0.1) is 6.92 Å². The van der Waals surface area contributed by atoms with E-state index in [1.54, 1.807) is 17.8 Å². The van der Waals surface area contributed by atoms with Gasteiger partial charge in [-0.25, -0.2) is 9.67 Å². The van der Waals surface area contributed by atoms with Crippen LogP contribution in [0.15, 0.2) is 17.1 Å². The average molecular weight is 291 g/mol. The van der Waals surface area contributed by atoms with Crippen molar-refractivity contribution in [1.29, 1.82) is 0 Å². The summed E-state index contributed by atoms with van der Waals surface area (Å²) in [5.74, 6) is 0. The molecular weight excluding hydrogens is 278 g/mol. The second-order valence-electron chi connectivity index (χ2n) is 4.56. The van der Waals surface area contributed by atoms with Gasteiger partial charge in [0.25, 0.3) is 5.56 Å². The van der Waals surface area contributed by atoms with Crippen molar-refractivity contribution in [3.05, 3.63) is 39.0 Å². The van der Waals surface area contributed by atoms with E-state index < -0.39 is 0 Å². The lowest BCUT2D eigenvalue weighted by atomic mass is 10.3. The highest BCUT2D eigenvalue weighted by Gasteiger charge is 2.10. The third kappa shape index (κ3) is 2.32. The number of aromatic nitrogens is 6. The number of nitrogens with zero attached hydrogens (tertiary/aromatic N) is 6. The standard InChI is InChI=1S/C11H13N7OS/c1-6-3-10(19)18-11(13-6)20-9(15-18)5-17-4-8(7(2)12)14-16-17/h3-4,7H,5,12H2,1-2H3. The Kier molecular flexibility index (Phi) is 3.07. The van der Waals surface area contributed by atoms with E-state index >= 15 is 0 Å². The van der Waals surface area contributed by atoms with Crippen LogP contribution in [0.3, 0.4) is 0 Å². The van der Waals surface area contributed by atoms with Crippen LogP contribution in [0.5, 0.6) is 0 Å². The largest absolute Gasteiger partial charge is 0.323 e. The van der Waals surface area contributed by atoms with Crippen molar-refractivity contribution in [2.24, 2.45) is 5.73 Å². The monoisotopic (exact) mass is 291 g/mol. The normalized spacial score (nSPS) is 12.9. The molecule has 2 N–H and O–H groups in total. The van der Waals surface area contributed by atoms with Gasteiger partial charge in [-0.2, -0.15) is 9.61 Å². The topological polar surface area (TPSA) is 104 Å². The lowest BCUT2D eigenvalue weighted by Gasteiger charge is -1.96. The SMILES string of the molecule is Cc1cc(=O)n2nc(Cn3cc(C(C)N)nn3)sc2n1. The van der Waals surface area contributed by atoms with Gasteiger partial charge in [0.15, 0.2) is 0 Å². The van der Waals surface area contributed by atoms with Gasteiger partial charge in [0, 0.05) is 17.8 Å². The van der Waals surface area contributed by atoms with E-state index in [9.17, 15) is 4.79 Å². The summed E-state index contributed by atoms with van der Waals surface area (Å²) < 4.78 is 2.95. The second-order valence-corrected chi connectivity index (χ2v) is 5.60. The summed E-state index contributed by atoms with van der Waals surface area (Å²) in [4.78, 5) is 16.6. The van der Waals surface area contributed by atoms with Crippen LogP contribution >= 0.6 is 11.3 Å². The first-order chi connectivity index (χ1) is 9.52. The first-order valence-electron chi connectivity index (χ1n) is 6.05. The maximum atomic E-state index is 11.8. The zero-order valence-electron chi connectivity index (χ0n) is 11.0. The van der Waals surface area contributed by atoms with Crippen LogP contribution in [0.25, 0.3) is 4.96 Å². The Morgan fingerprint density at radius 1 is 1.50 bits per heavy atom. The van der Waals surface area contributed by atoms with E-state index in [1.807, 2.05) is 6.92 Å². The predicted octanol–water partition coefficient (Wildman–Crippen LogP) is 0.119. The van der Waals surface area contributed by atoms with Crippen molar-refractivity contribution in [2.45, 2.75) is 26.4 Å². The molecule has 3 rings (SSSR count). The smallest absolute Gasteiger partial charge is 0.275 e. The highest BCUT2D eigenvalue weighted by molar-refractivity contribution is 7.16. The van der Waals surface area contributed by atoms with Crippen molar-refractivity contribution in [3.63, 3.8) is 0 Å². The van der Waals surface area contributed by atoms with Gasteiger partial charge >= 0.3 is 0 Å². The van der Waals surface area contributed by atoms with Gasteiger partial charge in [-0.3, -0.25) is 4.79 Å². The Morgan fingerprint density at radius 2 is 2.30 bits per heavy atom. The van der Waals surface area contributed by atoms with Crippen LogP contribution in [-0.4, -0.2) is 29.6 Å². The Bertz CT molecular complexity index is 816. The molecule has 0 saturated carbocycles. The molecule has 0 aromatic carbocycles. The maximum absolute atomic E-state index is 11.8. The molecule has 0 aliphatic carbocycles. The minimum absolute atomic E-state index is 0.161. The van der Waals surface area contributed by atoms with Gasteiger partial charge < -0.3 is 5.73 Å². The molecule has 20 heavy (non-hydrogen) atoms. The molecule has 0 radical (unpaired) electrons. The number of hydrogen-bond donors (Lipinski definition) is 1. The zero-order valence-corrected chi connectivity index (χ0v) is 11.8. The van der Waals surface area contributed by atoms with E-state index in [0.29, 0.717) is 17.2 Å². The van der Waals surface area contributed by atoms with E-state index in [1.165, 1.54) is 21.9 Å². The molecule has 3 heterocycles. The van der Waals surface area contributed by atoms with E-state index in [0.717, 1.165) is 10.7 Å². The summed E-state index contributed by atoms with van der Waals surface area (Å²) in [6.07, 6.45) is 1.78. The van der Waals surface area contributed by atoms with E-state index in [4.69, 9.17) is 5.73 Å². The van der Waals surface area contributed by atoms with Gasteiger partial charge in [-0.05, 0) is 13.8 Å². The molecule has 0 amide bonds. The fourth-order valence-electron chi connectivity index (χ4n) is 1.76. The lowest BCUT2D eigenvalue weighted by Crippen LogP contribution is -2.14. The van der Waals surface area contributed by atoms with E-state index in [2.05, 4.69) is 20.4 Å². The molecule has 0 aliphatic heterocycles. The van der Waals surface area contributed by atoms with Crippen molar-refractivity contribution < 1.29 is 0 Å². The molecule has 3 aromatic rings. The number of fused-ring (bicyclic) bond motifs is 1. The van der Waals surface area contributed by atoms with Crippen LogP contribution in [0.1, 0.15) is 29.4 Å². The molecule has 9 heteroatoms. The molecule has 1 unspecified atom stereocenters.